The third-order valence-corrected chi connectivity index (χ3v) is 2.38. The van der Waals surface area contributed by atoms with Crippen LogP contribution in [0.25, 0.3) is 5.57 Å². The van der Waals surface area contributed by atoms with Gasteiger partial charge in [-0.2, -0.15) is 0 Å². The third kappa shape index (κ3) is 1.60. The lowest BCUT2D eigenvalue weighted by Gasteiger charge is -1.99. The van der Waals surface area contributed by atoms with Gasteiger partial charge in [-0.25, -0.2) is 0 Å². The Morgan fingerprint density at radius 1 is 1.17 bits per heavy atom. The maximum absolute atomic E-state index is 5.36. The van der Waals surface area contributed by atoms with E-state index in [-0.39, 0.29) is 0 Å². The summed E-state index contributed by atoms with van der Waals surface area (Å²) in [4.78, 5) is 0. The molecule has 1 aliphatic rings. The lowest BCUT2D eigenvalue weighted by atomic mass is 10.1. The Morgan fingerprint density at radius 2 is 2.17 bits per heavy atom. The van der Waals surface area contributed by atoms with Crippen molar-refractivity contribution in [2.45, 2.75) is 32.1 Å². The molecule has 0 saturated carbocycles. The lowest BCUT2D eigenvalue weighted by molar-refractivity contribution is 0.549. The van der Waals surface area contributed by atoms with Crippen LogP contribution in [0.15, 0.2) is 28.9 Å². The normalized spacial score (nSPS) is 18.5. The first-order valence-electron chi connectivity index (χ1n) is 4.70. The molecule has 0 atom stereocenters. The van der Waals surface area contributed by atoms with Crippen molar-refractivity contribution in [1.82, 2.24) is 0 Å². The molecule has 1 aromatic rings. The molecule has 1 aromatic heterocycles. The van der Waals surface area contributed by atoms with Crippen LogP contribution >= 0.6 is 0 Å². The van der Waals surface area contributed by atoms with Crippen LogP contribution in [0.3, 0.4) is 0 Å². The van der Waals surface area contributed by atoms with Crippen LogP contribution in [0, 0.1) is 0 Å². The van der Waals surface area contributed by atoms with Gasteiger partial charge in [0.2, 0.25) is 0 Å². The molecule has 1 heteroatoms. The molecule has 0 bridgehead atoms. The Kier molecular flexibility index (Phi) is 2.31. The van der Waals surface area contributed by atoms with Crippen LogP contribution in [0.2, 0.25) is 0 Å². The molecule has 1 heterocycles. The van der Waals surface area contributed by atoms with E-state index >= 15 is 0 Å². The van der Waals surface area contributed by atoms with Crippen molar-refractivity contribution in [3.63, 3.8) is 0 Å². The first-order valence-corrected chi connectivity index (χ1v) is 4.70. The lowest BCUT2D eigenvalue weighted by Crippen LogP contribution is -1.79. The maximum atomic E-state index is 5.36. The van der Waals surface area contributed by atoms with E-state index in [9.17, 15) is 0 Å². The second kappa shape index (κ2) is 3.61. The zero-order valence-electron chi connectivity index (χ0n) is 7.25. The van der Waals surface area contributed by atoms with E-state index in [1.807, 2.05) is 6.07 Å². The summed E-state index contributed by atoms with van der Waals surface area (Å²) in [6, 6.07) is 4.01. The summed E-state index contributed by atoms with van der Waals surface area (Å²) in [5, 5.41) is 0. The predicted molar refractivity (Wildman–Crippen MR) is 49.8 cm³/mol. The molecule has 1 nitrogen and oxygen atoms in total. The SMILES string of the molecule is C1=C(c2ccco2)CCCCC1. The minimum Gasteiger partial charge on any atom is -0.465 e. The van der Waals surface area contributed by atoms with Crippen molar-refractivity contribution >= 4 is 5.57 Å². The van der Waals surface area contributed by atoms with E-state index in [2.05, 4.69) is 12.1 Å². The van der Waals surface area contributed by atoms with E-state index in [1.54, 1.807) is 6.26 Å². The Bertz CT molecular complexity index is 257. The minimum atomic E-state index is 1.07. The van der Waals surface area contributed by atoms with Gasteiger partial charge in [0.15, 0.2) is 0 Å². The van der Waals surface area contributed by atoms with E-state index < -0.39 is 0 Å². The van der Waals surface area contributed by atoms with Gasteiger partial charge in [-0.3, -0.25) is 0 Å². The molecule has 0 saturated heterocycles. The van der Waals surface area contributed by atoms with Crippen LogP contribution in [0.4, 0.5) is 0 Å². The monoisotopic (exact) mass is 162 g/mol. The Balaban J connectivity index is 2.16. The van der Waals surface area contributed by atoms with Crippen molar-refractivity contribution in [2.75, 3.05) is 0 Å². The van der Waals surface area contributed by atoms with Gasteiger partial charge >= 0.3 is 0 Å². The molecular formula is C11H14O. The van der Waals surface area contributed by atoms with E-state index in [0.717, 1.165) is 5.76 Å². The fourth-order valence-electron chi connectivity index (χ4n) is 1.70. The molecule has 0 amide bonds. The first-order chi connectivity index (χ1) is 5.97. The van der Waals surface area contributed by atoms with Crippen molar-refractivity contribution in [2.24, 2.45) is 0 Å². The second-order valence-corrected chi connectivity index (χ2v) is 3.31. The van der Waals surface area contributed by atoms with Crippen molar-refractivity contribution in [1.29, 1.82) is 0 Å². The van der Waals surface area contributed by atoms with Gasteiger partial charge in [0, 0.05) is 0 Å². The highest BCUT2D eigenvalue weighted by atomic mass is 16.3. The average Bonchev–Trinajstić information content (AvgIpc) is 2.48. The summed E-state index contributed by atoms with van der Waals surface area (Å²) in [7, 11) is 0. The molecular weight excluding hydrogens is 148 g/mol. The highest BCUT2D eigenvalue weighted by molar-refractivity contribution is 5.61. The maximum Gasteiger partial charge on any atom is 0.129 e. The van der Waals surface area contributed by atoms with E-state index in [0.29, 0.717) is 0 Å². The molecule has 0 spiro atoms. The molecule has 0 fully saturated rings. The minimum absolute atomic E-state index is 1.07. The predicted octanol–water partition coefficient (Wildman–Crippen LogP) is 3.63. The average molecular weight is 162 g/mol. The van der Waals surface area contributed by atoms with Gasteiger partial charge < -0.3 is 4.42 Å². The fraction of sp³-hybridized carbons (Fsp3) is 0.455. The van der Waals surface area contributed by atoms with Gasteiger partial charge in [-0.05, 0) is 43.4 Å². The quantitative estimate of drug-likeness (QED) is 0.614. The standard InChI is InChI=1S/C11H14O/c1-2-4-7-10(6-3-1)11-8-5-9-12-11/h5-6,8-9H,1-4,7H2. The number of hydrogen-bond donors (Lipinski definition) is 0. The Labute approximate surface area is 73.1 Å². The molecule has 0 unspecified atom stereocenters. The summed E-state index contributed by atoms with van der Waals surface area (Å²) < 4.78 is 5.36. The van der Waals surface area contributed by atoms with E-state index in [4.69, 9.17) is 4.42 Å². The zero-order chi connectivity index (χ0) is 8.23. The van der Waals surface area contributed by atoms with Crippen LogP contribution in [0.5, 0.6) is 0 Å². The van der Waals surface area contributed by atoms with Gasteiger partial charge in [0.05, 0.1) is 6.26 Å². The van der Waals surface area contributed by atoms with Crippen LogP contribution in [0.1, 0.15) is 37.9 Å². The molecule has 0 radical (unpaired) electrons. The summed E-state index contributed by atoms with van der Waals surface area (Å²) >= 11 is 0. The van der Waals surface area contributed by atoms with Crippen LogP contribution in [-0.2, 0) is 0 Å². The number of rotatable bonds is 1. The van der Waals surface area contributed by atoms with Crippen molar-refractivity contribution < 1.29 is 4.42 Å². The molecule has 2 rings (SSSR count). The Hall–Kier alpha value is -0.980. The van der Waals surface area contributed by atoms with Gasteiger partial charge in [-0.1, -0.05) is 12.5 Å². The molecule has 12 heavy (non-hydrogen) atoms. The second-order valence-electron chi connectivity index (χ2n) is 3.31. The zero-order valence-corrected chi connectivity index (χ0v) is 7.25. The molecule has 0 aromatic carbocycles. The molecule has 0 aliphatic heterocycles. The summed E-state index contributed by atoms with van der Waals surface area (Å²) in [5.74, 6) is 1.07. The van der Waals surface area contributed by atoms with Crippen molar-refractivity contribution in [3.8, 4) is 0 Å². The Morgan fingerprint density at radius 3 is 3.00 bits per heavy atom. The first kappa shape index (κ1) is 7.66. The summed E-state index contributed by atoms with van der Waals surface area (Å²) in [6.07, 6.45) is 10.5. The summed E-state index contributed by atoms with van der Waals surface area (Å²) in [5.41, 5.74) is 1.40. The summed E-state index contributed by atoms with van der Waals surface area (Å²) in [6.45, 7) is 0. The number of furan rings is 1. The highest BCUT2D eigenvalue weighted by Gasteiger charge is 2.06. The third-order valence-electron chi connectivity index (χ3n) is 2.38. The largest absolute Gasteiger partial charge is 0.465 e. The van der Waals surface area contributed by atoms with Crippen molar-refractivity contribution in [3.05, 3.63) is 30.2 Å². The number of allylic oxidation sites excluding steroid dienone is 2. The van der Waals surface area contributed by atoms with Gasteiger partial charge in [0.1, 0.15) is 5.76 Å². The molecule has 64 valence electrons. The molecule has 0 N–H and O–H groups in total. The topological polar surface area (TPSA) is 13.1 Å². The van der Waals surface area contributed by atoms with Gasteiger partial charge in [-0.15, -0.1) is 0 Å². The smallest absolute Gasteiger partial charge is 0.129 e. The van der Waals surface area contributed by atoms with Crippen LogP contribution in [-0.4, -0.2) is 0 Å². The molecule has 1 aliphatic carbocycles. The highest BCUT2D eigenvalue weighted by Crippen LogP contribution is 2.25. The van der Waals surface area contributed by atoms with Crippen LogP contribution < -0.4 is 0 Å². The number of hydrogen-bond acceptors (Lipinski definition) is 1. The van der Waals surface area contributed by atoms with Gasteiger partial charge in [0.25, 0.3) is 0 Å². The van der Waals surface area contributed by atoms with E-state index in [1.165, 1.54) is 37.7 Å². The fourth-order valence-corrected chi connectivity index (χ4v) is 1.70.